The van der Waals surface area contributed by atoms with E-state index in [-0.39, 0.29) is 0 Å². The second-order valence-electron chi connectivity index (χ2n) is 5.11. The number of rotatable bonds is 0. The number of ether oxygens (including phenoxy) is 1. The van der Waals surface area contributed by atoms with Crippen LogP contribution in [-0.2, 0) is 6.42 Å². The maximum atomic E-state index is 5.98. The highest BCUT2D eigenvalue weighted by Crippen LogP contribution is 2.49. The molecule has 0 saturated carbocycles. The Balaban J connectivity index is 1.98. The van der Waals surface area contributed by atoms with Gasteiger partial charge in [0.2, 0.25) is 0 Å². The van der Waals surface area contributed by atoms with Crippen LogP contribution in [0, 0.1) is 0 Å². The third-order valence-electron chi connectivity index (χ3n) is 3.77. The maximum absolute atomic E-state index is 5.98. The Morgan fingerprint density at radius 1 is 1.00 bits per heavy atom. The third-order valence-corrected chi connectivity index (χ3v) is 3.77. The van der Waals surface area contributed by atoms with Gasteiger partial charge in [-0.3, -0.25) is 0 Å². The van der Waals surface area contributed by atoms with E-state index in [2.05, 4.69) is 4.90 Å². The van der Waals surface area contributed by atoms with Gasteiger partial charge in [-0.2, -0.15) is 0 Å². The van der Waals surface area contributed by atoms with E-state index in [1.165, 1.54) is 5.56 Å². The molecule has 2 aliphatic heterocycles. The normalized spacial score (nSPS) is 15.5. The van der Waals surface area contributed by atoms with Crippen LogP contribution in [0.3, 0.4) is 0 Å². The van der Waals surface area contributed by atoms with Crippen LogP contribution in [0.4, 0.5) is 11.4 Å². The smallest absolute Gasteiger partial charge is 0.151 e. The van der Waals surface area contributed by atoms with Crippen LogP contribution in [0.2, 0.25) is 0 Å². The van der Waals surface area contributed by atoms with E-state index in [1.807, 2.05) is 30.3 Å². The van der Waals surface area contributed by atoms with Crippen molar-refractivity contribution in [1.82, 2.24) is 0 Å². The van der Waals surface area contributed by atoms with Gasteiger partial charge in [0.25, 0.3) is 0 Å². The molecule has 0 bridgehead atoms. The molecule has 4 rings (SSSR count). The minimum Gasteiger partial charge on any atom is -0.453 e. The summed E-state index contributed by atoms with van der Waals surface area (Å²) in [6.45, 7) is 0.990. The van der Waals surface area contributed by atoms with E-state index in [0.29, 0.717) is 0 Å². The highest BCUT2D eigenvalue weighted by Gasteiger charge is 2.29. The maximum Gasteiger partial charge on any atom is 0.151 e. The van der Waals surface area contributed by atoms with Gasteiger partial charge in [0, 0.05) is 6.54 Å². The molecule has 0 amide bonds. The van der Waals surface area contributed by atoms with Crippen LogP contribution in [0.15, 0.2) is 30.3 Å². The Labute approximate surface area is 115 Å². The van der Waals surface area contributed by atoms with Crippen LogP contribution < -0.4 is 20.6 Å². The van der Waals surface area contributed by atoms with Gasteiger partial charge in [-0.25, -0.2) is 0 Å². The van der Waals surface area contributed by atoms with Crippen LogP contribution in [0.25, 0.3) is 0 Å². The molecule has 0 atom stereocenters. The molecule has 0 fully saturated rings. The average molecular weight is 243 g/mol. The van der Waals surface area contributed by atoms with E-state index in [4.69, 9.17) is 20.4 Å². The van der Waals surface area contributed by atoms with E-state index in [9.17, 15) is 0 Å². The van der Waals surface area contributed by atoms with Gasteiger partial charge in [-0.05, 0) is 36.6 Å². The van der Waals surface area contributed by atoms with E-state index in [0.717, 1.165) is 53.2 Å². The SMILES string of the molecule is [B]c1cc2c3c(c1)Oc1ccc([B])cc1N3CCC2. The van der Waals surface area contributed by atoms with Gasteiger partial charge in [0.05, 0.1) is 11.4 Å². The molecule has 2 aromatic rings. The highest BCUT2D eigenvalue weighted by atomic mass is 16.5. The molecule has 4 radical (unpaired) electrons. The number of nitrogens with zero attached hydrogens (tertiary/aromatic N) is 1. The number of hydrogen-bond acceptors (Lipinski definition) is 2. The number of anilines is 2. The van der Waals surface area contributed by atoms with Gasteiger partial charge in [0.1, 0.15) is 15.7 Å². The molecule has 88 valence electrons. The Morgan fingerprint density at radius 2 is 1.89 bits per heavy atom. The van der Waals surface area contributed by atoms with Crippen molar-refractivity contribution in [3.8, 4) is 11.5 Å². The molecule has 2 aliphatic rings. The van der Waals surface area contributed by atoms with Crippen molar-refractivity contribution in [1.29, 1.82) is 0 Å². The van der Waals surface area contributed by atoms with Crippen molar-refractivity contribution < 1.29 is 4.74 Å². The third kappa shape index (κ3) is 1.59. The van der Waals surface area contributed by atoms with Crippen molar-refractivity contribution in [2.24, 2.45) is 0 Å². The molecule has 2 nitrogen and oxygen atoms in total. The second kappa shape index (κ2) is 3.83. The molecule has 0 unspecified atom stereocenters. The Hall–Kier alpha value is -1.83. The zero-order valence-corrected chi connectivity index (χ0v) is 10.5. The summed E-state index contributed by atoms with van der Waals surface area (Å²) in [4.78, 5) is 2.29. The van der Waals surface area contributed by atoms with Gasteiger partial charge < -0.3 is 9.64 Å². The molecule has 4 heteroatoms. The zero-order valence-electron chi connectivity index (χ0n) is 10.5. The molecule has 2 aromatic carbocycles. The van der Waals surface area contributed by atoms with Crippen LogP contribution in [0.5, 0.6) is 11.5 Å². The first kappa shape index (κ1) is 11.0. The lowest BCUT2D eigenvalue weighted by atomic mass is 9.88. The standard InChI is InChI=1S/C15H11B2NO/c16-10-3-4-13-12(7-10)18-5-1-2-9-6-11(17)8-14(19-13)15(9)18/h3-4,6-8H,1-2,5H2. The average Bonchev–Trinajstić information content (AvgIpc) is 2.39. The van der Waals surface area contributed by atoms with Crippen LogP contribution in [-0.4, -0.2) is 22.2 Å². The lowest BCUT2D eigenvalue weighted by Crippen LogP contribution is -2.29. The fraction of sp³-hybridized carbons (Fsp3) is 0.200. The molecule has 19 heavy (non-hydrogen) atoms. The summed E-state index contributed by atoms with van der Waals surface area (Å²) >= 11 is 0. The van der Waals surface area contributed by atoms with E-state index < -0.39 is 0 Å². The van der Waals surface area contributed by atoms with Crippen LogP contribution in [0.1, 0.15) is 12.0 Å². The van der Waals surface area contributed by atoms with E-state index >= 15 is 0 Å². The summed E-state index contributed by atoms with van der Waals surface area (Å²) < 4.78 is 5.98. The Kier molecular flexibility index (Phi) is 2.22. The first-order chi connectivity index (χ1) is 9.22. The first-order valence-electron chi connectivity index (χ1n) is 6.50. The summed E-state index contributed by atoms with van der Waals surface area (Å²) in [7, 11) is 11.9. The fourth-order valence-electron chi connectivity index (χ4n) is 2.99. The molecular formula is C15H11B2NO. The van der Waals surface area contributed by atoms with E-state index in [1.54, 1.807) is 0 Å². The van der Waals surface area contributed by atoms with Crippen LogP contribution >= 0.6 is 0 Å². The molecular weight excluding hydrogens is 232 g/mol. The molecule has 2 heterocycles. The van der Waals surface area contributed by atoms with Crippen molar-refractivity contribution in [3.05, 3.63) is 35.9 Å². The largest absolute Gasteiger partial charge is 0.453 e. The quantitative estimate of drug-likeness (QED) is 0.649. The Bertz CT molecular complexity index is 684. The van der Waals surface area contributed by atoms with Crippen molar-refractivity contribution in [3.63, 3.8) is 0 Å². The highest BCUT2D eigenvalue weighted by molar-refractivity contribution is 6.33. The number of aryl methyl sites for hydroxylation is 1. The monoisotopic (exact) mass is 243 g/mol. The fourth-order valence-corrected chi connectivity index (χ4v) is 2.99. The molecule has 0 N–H and O–H groups in total. The molecule has 0 aromatic heterocycles. The molecule has 0 aliphatic carbocycles. The van der Waals surface area contributed by atoms with Crippen molar-refractivity contribution >= 4 is 38.0 Å². The van der Waals surface area contributed by atoms with Gasteiger partial charge >= 0.3 is 0 Å². The number of hydrogen-bond donors (Lipinski definition) is 0. The predicted octanol–water partition coefficient (Wildman–Crippen LogP) is 1.46. The summed E-state index contributed by atoms with van der Waals surface area (Å²) in [6.07, 6.45) is 2.16. The molecule has 0 spiro atoms. The van der Waals surface area contributed by atoms with Gasteiger partial charge in [-0.15, -0.1) is 0 Å². The minimum atomic E-state index is 0.758. The summed E-state index contributed by atoms with van der Waals surface area (Å²) in [5, 5.41) is 0. The summed E-state index contributed by atoms with van der Waals surface area (Å²) in [5.41, 5.74) is 4.98. The van der Waals surface area contributed by atoms with Gasteiger partial charge in [0.15, 0.2) is 11.5 Å². The second-order valence-corrected chi connectivity index (χ2v) is 5.11. The van der Waals surface area contributed by atoms with Crippen molar-refractivity contribution in [2.45, 2.75) is 12.8 Å². The minimum absolute atomic E-state index is 0.758. The summed E-state index contributed by atoms with van der Waals surface area (Å²) in [6, 6.07) is 9.71. The zero-order chi connectivity index (χ0) is 13.0. The Morgan fingerprint density at radius 3 is 2.79 bits per heavy atom. The topological polar surface area (TPSA) is 12.5 Å². The number of fused-ring (bicyclic) bond motifs is 2. The first-order valence-corrected chi connectivity index (χ1v) is 6.50. The predicted molar refractivity (Wildman–Crippen MR) is 79.1 cm³/mol. The van der Waals surface area contributed by atoms with Gasteiger partial charge in [-0.1, -0.05) is 23.1 Å². The lowest BCUT2D eigenvalue weighted by molar-refractivity contribution is 0.469. The number of benzene rings is 2. The molecule has 0 saturated heterocycles. The summed E-state index contributed by atoms with van der Waals surface area (Å²) in [5.74, 6) is 1.70. The lowest BCUT2D eigenvalue weighted by Gasteiger charge is -2.38. The van der Waals surface area contributed by atoms with Crippen molar-refractivity contribution in [2.75, 3.05) is 11.4 Å².